The highest BCUT2D eigenvalue weighted by Gasteiger charge is 2.32. The molecule has 0 saturated heterocycles. The Hall–Kier alpha value is -4.49. The van der Waals surface area contributed by atoms with Crippen molar-refractivity contribution >= 4 is 21.6 Å². The number of methoxy groups -OCH3 is 1. The summed E-state index contributed by atoms with van der Waals surface area (Å²) in [6.45, 7) is 5.62. The number of hydrogen-bond donors (Lipinski definition) is 2. The van der Waals surface area contributed by atoms with Gasteiger partial charge in [-0.1, -0.05) is 47.6 Å². The lowest BCUT2D eigenvalue weighted by Crippen LogP contribution is -2.34. The first-order valence-corrected chi connectivity index (χ1v) is 16.0. The number of nitrogens with zero attached hydrogens (tertiary/aromatic N) is 3. The lowest BCUT2D eigenvalue weighted by molar-refractivity contribution is 0.0744. The van der Waals surface area contributed by atoms with Crippen LogP contribution in [-0.2, 0) is 26.0 Å². The molecule has 2 heterocycles. The summed E-state index contributed by atoms with van der Waals surface area (Å²) in [7, 11) is -2.63. The van der Waals surface area contributed by atoms with Crippen LogP contribution in [-0.4, -0.2) is 58.7 Å². The van der Waals surface area contributed by atoms with E-state index in [9.17, 15) is 8.42 Å². The van der Waals surface area contributed by atoms with Gasteiger partial charge in [0.05, 0.1) is 30.0 Å². The molecular formula is C33H37N5O6S. The number of hydrogen-bond acceptors (Lipinski definition) is 10. The number of anilines is 2. The molecule has 0 aliphatic rings. The van der Waals surface area contributed by atoms with E-state index in [1.807, 2.05) is 54.6 Å². The van der Waals surface area contributed by atoms with E-state index < -0.39 is 10.0 Å². The predicted octanol–water partition coefficient (Wildman–Crippen LogP) is 5.63. The van der Waals surface area contributed by atoms with Crippen molar-refractivity contribution in [3.63, 3.8) is 0 Å². The first kappa shape index (κ1) is 31.9. The maximum atomic E-state index is 14.4. The largest absolute Gasteiger partial charge is 0.445 e. The quantitative estimate of drug-likeness (QED) is 0.104. The van der Waals surface area contributed by atoms with Gasteiger partial charge in [-0.3, -0.25) is 0 Å². The number of benzene rings is 3. The Morgan fingerprint density at radius 1 is 0.933 bits per heavy atom. The van der Waals surface area contributed by atoms with Crippen LogP contribution in [0.15, 0.2) is 99.1 Å². The Morgan fingerprint density at radius 3 is 2.47 bits per heavy atom. The summed E-state index contributed by atoms with van der Waals surface area (Å²) in [6.07, 6.45) is 3.11. The van der Waals surface area contributed by atoms with E-state index in [2.05, 4.69) is 20.8 Å². The van der Waals surface area contributed by atoms with Crippen LogP contribution >= 0.6 is 0 Å². The van der Waals surface area contributed by atoms with Gasteiger partial charge in [0.2, 0.25) is 11.8 Å². The van der Waals surface area contributed by atoms with E-state index in [0.717, 1.165) is 26.7 Å². The minimum atomic E-state index is -4.19. The van der Waals surface area contributed by atoms with E-state index in [4.69, 9.17) is 18.4 Å². The van der Waals surface area contributed by atoms with E-state index in [-0.39, 0.29) is 24.1 Å². The second-order valence-electron chi connectivity index (χ2n) is 10.3. The average molecular weight is 632 g/mol. The Balaban J connectivity index is 1.48. The summed E-state index contributed by atoms with van der Waals surface area (Å²) in [5, 5.41) is 10.9. The first-order valence-electron chi connectivity index (χ1n) is 14.5. The molecule has 0 fully saturated rings. The Bertz CT molecular complexity index is 1770. The molecule has 0 atom stereocenters. The summed E-state index contributed by atoms with van der Waals surface area (Å²) in [5.74, 6) is 0.580. The summed E-state index contributed by atoms with van der Waals surface area (Å²) >= 11 is 0. The zero-order chi connectivity index (χ0) is 31.6. The van der Waals surface area contributed by atoms with Gasteiger partial charge in [0.1, 0.15) is 13.0 Å². The number of rotatable bonds is 16. The summed E-state index contributed by atoms with van der Waals surface area (Å²) in [5.41, 5.74) is 5.18. The summed E-state index contributed by atoms with van der Waals surface area (Å²) < 4.78 is 51.8. The van der Waals surface area contributed by atoms with Gasteiger partial charge in [-0.25, -0.2) is 17.7 Å². The van der Waals surface area contributed by atoms with E-state index >= 15 is 0 Å². The molecule has 0 bridgehead atoms. The Labute approximate surface area is 263 Å². The van der Waals surface area contributed by atoms with Crippen molar-refractivity contribution in [3.05, 3.63) is 102 Å². The zero-order valence-electron chi connectivity index (χ0n) is 25.5. The van der Waals surface area contributed by atoms with Crippen LogP contribution in [0.5, 0.6) is 0 Å². The van der Waals surface area contributed by atoms with Crippen molar-refractivity contribution in [1.29, 1.82) is 0 Å². The number of ether oxygens (including phenoxy) is 2. The molecule has 11 nitrogen and oxygen atoms in total. The average Bonchev–Trinajstić information content (AvgIpc) is 3.72. The van der Waals surface area contributed by atoms with Gasteiger partial charge in [-0.05, 0) is 55.3 Å². The fourth-order valence-corrected chi connectivity index (χ4v) is 6.32. The summed E-state index contributed by atoms with van der Waals surface area (Å²) in [6, 6.07) is 22.6. The Kier molecular flexibility index (Phi) is 10.6. The van der Waals surface area contributed by atoms with Gasteiger partial charge in [-0.15, -0.1) is 0 Å². The van der Waals surface area contributed by atoms with Crippen LogP contribution in [0.1, 0.15) is 16.8 Å². The highest BCUT2D eigenvalue weighted by molar-refractivity contribution is 7.93. The van der Waals surface area contributed by atoms with Crippen molar-refractivity contribution in [2.24, 2.45) is 0 Å². The van der Waals surface area contributed by atoms with Crippen molar-refractivity contribution in [2.75, 3.05) is 49.8 Å². The molecule has 45 heavy (non-hydrogen) atoms. The van der Waals surface area contributed by atoms with Gasteiger partial charge in [0.15, 0.2) is 0 Å². The molecule has 0 unspecified atom stereocenters. The molecule has 3 aromatic carbocycles. The van der Waals surface area contributed by atoms with E-state index in [0.29, 0.717) is 49.0 Å². The third-order valence-electron chi connectivity index (χ3n) is 7.25. The van der Waals surface area contributed by atoms with Gasteiger partial charge >= 0.3 is 0 Å². The number of aryl methyl sites for hydroxylation is 1. The van der Waals surface area contributed by atoms with Crippen LogP contribution in [0.25, 0.3) is 22.6 Å². The number of para-hydroxylation sites is 1. The lowest BCUT2D eigenvalue weighted by atomic mass is 9.97. The standard InChI is InChI=1S/C33H37N5O6S/c1-24-25(2)37-44-33(24)38(23-42-20-19-41-3)45(39,40)31-12-8-7-11-30(31)29-14-13-26(32-36-17-18-43-32)21-27(29)22-34-15-16-35-28-9-5-4-6-10-28/h4-14,17-18,21,34-35H,15-16,19-20,22-23H2,1-3H3. The van der Waals surface area contributed by atoms with Gasteiger partial charge < -0.3 is 29.0 Å². The monoisotopic (exact) mass is 631 g/mol. The summed E-state index contributed by atoms with van der Waals surface area (Å²) in [4.78, 5) is 4.40. The van der Waals surface area contributed by atoms with Crippen molar-refractivity contribution in [1.82, 2.24) is 15.5 Å². The molecule has 5 aromatic rings. The number of sulfonamides is 1. The van der Waals surface area contributed by atoms with Gasteiger partial charge in [0.25, 0.3) is 10.0 Å². The van der Waals surface area contributed by atoms with Crippen molar-refractivity contribution < 1.29 is 26.8 Å². The topological polar surface area (TPSA) is 132 Å². The van der Waals surface area contributed by atoms with Crippen LogP contribution in [0, 0.1) is 13.8 Å². The molecule has 236 valence electrons. The van der Waals surface area contributed by atoms with E-state index in [1.54, 1.807) is 45.4 Å². The van der Waals surface area contributed by atoms with Crippen molar-refractivity contribution in [3.8, 4) is 22.6 Å². The third-order valence-corrected chi connectivity index (χ3v) is 9.01. The van der Waals surface area contributed by atoms with E-state index in [1.165, 1.54) is 6.26 Å². The van der Waals surface area contributed by atoms with Crippen LogP contribution in [0.2, 0.25) is 0 Å². The molecular weight excluding hydrogens is 594 g/mol. The maximum Gasteiger partial charge on any atom is 0.269 e. The maximum absolute atomic E-state index is 14.4. The van der Waals surface area contributed by atoms with Crippen LogP contribution < -0.4 is 14.9 Å². The second-order valence-corrected chi connectivity index (χ2v) is 12.1. The minimum absolute atomic E-state index is 0.102. The molecule has 0 saturated carbocycles. The fraction of sp³-hybridized carbons (Fsp3) is 0.273. The molecule has 5 rings (SSSR count). The Morgan fingerprint density at radius 2 is 1.73 bits per heavy atom. The van der Waals surface area contributed by atoms with Crippen molar-refractivity contribution in [2.45, 2.75) is 25.3 Å². The molecule has 0 aliphatic heterocycles. The normalized spacial score (nSPS) is 11.5. The fourth-order valence-electron chi connectivity index (χ4n) is 4.77. The molecule has 2 aromatic heterocycles. The molecule has 0 amide bonds. The minimum Gasteiger partial charge on any atom is -0.445 e. The second kappa shape index (κ2) is 15.0. The molecule has 0 spiro atoms. The predicted molar refractivity (Wildman–Crippen MR) is 172 cm³/mol. The molecule has 0 aliphatic carbocycles. The molecule has 0 radical (unpaired) electrons. The first-order chi connectivity index (χ1) is 21.9. The highest BCUT2D eigenvalue weighted by atomic mass is 32.2. The highest BCUT2D eigenvalue weighted by Crippen LogP contribution is 2.36. The third kappa shape index (κ3) is 7.60. The van der Waals surface area contributed by atoms with Crippen LogP contribution in [0.4, 0.5) is 11.6 Å². The number of aromatic nitrogens is 2. The SMILES string of the molecule is COCCOCN(c1onc(C)c1C)S(=O)(=O)c1ccccc1-c1ccc(-c2ncco2)cc1CNCCNc1ccccc1. The number of nitrogens with one attached hydrogen (secondary N) is 2. The molecule has 2 N–H and O–H groups in total. The number of oxazole rings is 1. The van der Waals surface area contributed by atoms with Crippen LogP contribution in [0.3, 0.4) is 0 Å². The lowest BCUT2D eigenvalue weighted by Gasteiger charge is -2.24. The van der Waals surface area contributed by atoms with Gasteiger partial charge in [-0.2, -0.15) is 0 Å². The van der Waals surface area contributed by atoms with Gasteiger partial charge in [0, 0.05) is 49.1 Å². The molecule has 12 heteroatoms. The zero-order valence-corrected chi connectivity index (χ0v) is 26.3. The smallest absolute Gasteiger partial charge is 0.269 e.